The van der Waals surface area contributed by atoms with Crippen LogP contribution in [0.2, 0.25) is 0 Å². The van der Waals surface area contributed by atoms with E-state index in [0.29, 0.717) is 16.7 Å². The van der Waals surface area contributed by atoms with E-state index in [-0.39, 0.29) is 5.56 Å². The Morgan fingerprint density at radius 3 is 1.32 bits per heavy atom. The van der Waals surface area contributed by atoms with E-state index in [0.717, 1.165) is 39.1 Å². The zero-order valence-corrected chi connectivity index (χ0v) is 19.8. The van der Waals surface area contributed by atoms with Crippen LogP contribution in [0.25, 0.3) is 55.8 Å². The average molecular weight is 478 g/mol. The van der Waals surface area contributed by atoms with Crippen molar-refractivity contribution in [2.24, 2.45) is 0 Å². The second-order valence-electron chi connectivity index (χ2n) is 8.80. The van der Waals surface area contributed by atoms with Crippen LogP contribution in [0.5, 0.6) is 0 Å². The number of benzene rings is 5. The van der Waals surface area contributed by atoms with Gasteiger partial charge >= 0.3 is 0 Å². The Kier molecular flexibility index (Phi) is 5.75. The highest BCUT2D eigenvalue weighted by Crippen LogP contribution is 2.33. The van der Waals surface area contributed by atoms with Crippen LogP contribution in [0.4, 0.5) is 0 Å². The standard InChI is InChI=1S/C33H22N2O2/c36-33(37)28-19-20-29-30(21-28)35-32(27-17-13-25(14-18-27)23-9-5-2-6-10-23)31(34-29)26-15-11-24(12-16-26)22-7-3-1-4-8-22/h1-21H,(H,36,37)/p-1. The van der Waals surface area contributed by atoms with Crippen molar-refractivity contribution < 1.29 is 9.90 Å². The predicted molar refractivity (Wildman–Crippen MR) is 146 cm³/mol. The number of rotatable bonds is 5. The normalized spacial score (nSPS) is 10.9. The molecule has 5 aromatic carbocycles. The minimum atomic E-state index is -1.24. The molecule has 6 aromatic rings. The summed E-state index contributed by atoms with van der Waals surface area (Å²) in [6.45, 7) is 0. The number of carbonyl (C=O) groups is 1. The molecule has 0 atom stereocenters. The van der Waals surface area contributed by atoms with Crippen LogP contribution in [0, 0.1) is 0 Å². The van der Waals surface area contributed by atoms with E-state index in [1.807, 2.05) is 48.5 Å². The van der Waals surface area contributed by atoms with Gasteiger partial charge in [-0.3, -0.25) is 0 Å². The maximum atomic E-state index is 11.4. The second-order valence-corrected chi connectivity index (χ2v) is 8.80. The van der Waals surface area contributed by atoms with Crippen LogP contribution in [0.3, 0.4) is 0 Å². The van der Waals surface area contributed by atoms with Gasteiger partial charge in [0.25, 0.3) is 0 Å². The molecule has 0 unspecified atom stereocenters. The molecule has 0 aliphatic heterocycles. The molecular formula is C33H21N2O2-. The fraction of sp³-hybridized carbons (Fsp3) is 0. The Labute approximate surface area is 214 Å². The Balaban J connectivity index is 1.48. The summed E-state index contributed by atoms with van der Waals surface area (Å²) in [5, 5.41) is 11.4. The molecule has 0 bridgehead atoms. The van der Waals surface area contributed by atoms with E-state index >= 15 is 0 Å². The minimum Gasteiger partial charge on any atom is -0.545 e. The number of aromatic carboxylic acids is 1. The quantitative estimate of drug-likeness (QED) is 0.278. The van der Waals surface area contributed by atoms with Crippen molar-refractivity contribution in [1.29, 1.82) is 0 Å². The van der Waals surface area contributed by atoms with E-state index in [2.05, 4.69) is 60.7 Å². The van der Waals surface area contributed by atoms with E-state index in [9.17, 15) is 9.90 Å². The lowest BCUT2D eigenvalue weighted by Crippen LogP contribution is -2.22. The number of carboxylic acids is 1. The molecule has 4 heteroatoms. The average Bonchev–Trinajstić information content (AvgIpc) is 2.97. The summed E-state index contributed by atoms with van der Waals surface area (Å²) in [5.74, 6) is -1.24. The fourth-order valence-corrected chi connectivity index (χ4v) is 4.49. The fourth-order valence-electron chi connectivity index (χ4n) is 4.49. The predicted octanol–water partition coefficient (Wildman–Crippen LogP) is 6.66. The number of carbonyl (C=O) groups excluding carboxylic acids is 1. The molecule has 176 valence electrons. The first-order chi connectivity index (χ1) is 18.2. The van der Waals surface area contributed by atoms with Crippen LogP contribution >= 0.6 is 0 Å². The SMILES string of the molecule is O=C([O-])c1ccc2nc(-c3ccc(-c4ccccc4)cc3)c(-c3ccc(-c4ccccc4)cc3)nc2c1. The topological polar surface area (TPSA) is 65.9 Å². The highest BCUT2D eigenvalue weighted by molar-refractivity contribution is 5.93. The maximum Gasteiger partial charge on any atom is 0.0973 e. The van der Waals surface area contributed by atoms with Gasteiger partial charge in [0, 0.05) is 11.1 Å². The Morgan fingerprint density at radius 1 is 0.459 bits per heavy atom. The second kappa shape index (κ2) is 9.51. The molecule has 0 aliphatic rings. The number of hydrogen-bond donors (Lipinski definition) is 0. The largest absolute Gasteiger partial charge is 0.545 e. The zero-order valence-electron chi connectivity index (χ0n) is 19.8. The molecule has 0 saturated heterocycles. The molecule has 1 heterocycles. The van der Waals surface area contributed by atoms with Crippen molar-refractivity contribution in [1.82, 2.24) is 9.97 Å². The number of aromatic nitrogens is 2. The molecule has 0 spiro atoms. The molecule has 37 heavy (non-hydrogen) atoms. The number of fused-ring (bicyclic) bond motifs is 1. The first-order valence-corrected chi connectivity index (χ1v) is 12.0. The van der Waals surface area contributed by atoms with Gasteiger partial charge in [-0.05, 0) is 39.9 Å². The molecule has 0 N–H and O–H groups in total. The van der Waals surface area contributed by atoms with Crippen molar-refractivity contribution in [3.63, 3.8) is 0 Å². The van der Waals surface area contributed by atoms with Crippen LogP contribution in [0.1, 0.15) is 10.4 Å². The summed E-state index contributed by atoms with van der Waals surface area (Å²) in [6, 6.07) is 41.6. The van der Waals surface area contributed by atoms with Gasteiger partial charge in [0.05, 0.1) is 28.4 Å². The molecule has 0 aliphatic carbocycles. The van der Waals surface area contributed by atoms with Gasteiger partial charge in [0.1, 0.15) is 0 Å². The monoisotopic (exact) mass is 477 g/mol. The van der Waals surface area contributed by atoms with Crippen LogP contribution < -0.4 is 5.11 Å². The van der Waals surface area contributed by atoms with Crippen molar-refractivity contribution in [2.45, 2.75) is 0 Å². The van der Waals surface area contributed by atoms with Gasteiger partial charge in [0.2, 0.25) is 0 Å². The van der Waals surface area contributed by atoms with Crippen LogP contribution in [-0.4, -0.2) is 15.9 Å². The molecule has 0 radical (unpaired) electrons. The lowest BCUT2D eigenvalue weighted by molar-refractivity contribution is -0.255. The van der Waals surface area contributed by atoms with Gasteiger partial charge in [-0.25, -0.2) is 9.97 Å². The third-order valence-corrected chi connectivity index (χ3v) is 6.43. The molecule has 0 saturated carbocycles. The minimum absolute atomic E-state index is 0.0761. The third-order valence-electron chi connectivity index (χ3n) is 6.43. The summed E-state index contributed by atoms with van der Waals surface area (Å²) in [7, 11) is 0. The molecule has 1 aromatic heterocycles. The van der Waals surface area contributed by atoms with Crippen LogP contribution in [0.15, 0.2) is 127 Å². The maximum absolute atomic E-state index is 11.4. The zero-order chi connectivity index (χ0) is 25.2. The Morgan fingerprint density at radius 2 is 0.865 bits per heavy atom. The van der Waals surface area contributed by atoms with Crippen molar-refractivity contribution >= 4 is 17.0 Å². The number of nitrogens with zero attached hydrogens (tertiary/aromatic N) is 2. The van der Waals surface area contributed by atoms with E-state index in [1.54, 1.807) is 6.07 Å². The Bertz CT molecular complexity index is 1710. The smallest absolute Gasteiger partial charge is 0.0973 e. The van der Waals surface area contributed by atoms with Crippen LogP contribution in [-0.2, 0) is 0 Å². The van der Waals surface area contributed by atoms with E-state index in [1.165, 1.54) is 12.1 Å². The Hall–Kier alpha value is -5.09. The van der Waals surface area contributed by atoms with Gasteiger partial charge in [0.15, 0.2) is 0 Å². The van der Waals surface area contributed by atoms with Gasteiger partial charge in [-0.2, -0.15) is 0 Å². The lowest BCUT2D eigenvalue weighted by atomic mass is 9.98. The van der Waals surface area contributed by atoms with Gasteiger partial charge < -0.3 is 9.90 Å². The van der Waals surface area contributed by atoms with Crippen molar-refractivity contribution in [3.05, 3.63) is 133 Å². The molecule has 6 rings (SSSR count). The number of hydrogen-bond acceptors (Lipinski definition) is 4. The van der Waals surface area contributed by atoms with Gasteiger partial charge in [-0.1, -0.05) is 115 Å². The first-order valence-electron chi connectivity index (χ1n) is 12.0. The molecule has 4 nitrogen and oxygen atoms in total. The third kappa shape index (κ3) is 4.48. The highest BCUT2D eigenvalue weighted by Gasteiger charge is 2.14. The summed E-state index contributed by atoms with van der Waals surface area (Å²) in [6.07, 6.45) is 0. The summed E-state index contributed by atoms with van der Waals surface area (Å²) >= 11 is 0. The highest BCUT2D eigenvalue weighted by atomic mass is 16.4. The van der Waals surface area contributed by atoms with E-state index < -0.39 is 5.97 Å². The molecule has 0 amide bonds. The summed E-state index contributed by atoms with van der Waals surface area (Å²) < 4.78 is 0. The first kappa shape index (κ1) is 22.4. The number of carboxylic acid groups (broad SMARTS) is 1. The summed E-state index contributed by atoms with van der Waals surface area (Å²) in [4.78, 5) is 21.3. The van der Waals surface area contributed by atoms with Gasteiger partial charge in [-0.15, -0.1) is 0 Å². The summed E-state index contributed by atoms with van der Waals surface area (Å²) in [5.41, 5.74) is 8.96. The molecular weight excluding hydrogens is 456 g/mol. The van der Waals surface area contributed by atoms with Crippen molar-refractivity contribution in [2.75, 3.05) is 0 Å². The lowest BCUT2D eigenvalue weighted by Gasteiger charge is -2.13. The molecule has 0 fully saturated rings. The van der Waals surface area contributed by atoms with Crippen molar-refractivity contribution in [3.8, 4) is 44.8 Å². The van der Waals surface area contributed by atoms with E-state index in [4.69, 9.17) is 9.97 Å².